The van der Waals surface area contributed by atoms with Gasteiger partial charge in [0.15, 0.2) is 5.69 Å². The maximum atomic E-state index is 13.4. The van der Waals surface area contributed by atoms with Crippen molar-refractivity contribution >= 4 is 16.9 Å². The van der Waals surface area contributed by atoms with Gasteiger partial charge in [-0.15, -0.1) is 5.10 Å². The summed E-state index contributed by atoms with van der Waals surface area (Å²) in [6.45, 7) is 3.85. The smallest absolute Gasteiger partial charge is 0.281 e. The lowest BCUT2D eigenvalue weighted by Gasteiger charge is -2.24. The quantitative estimate of drug-likeness (QED) is 0.208. The maximum absolute atomic E-state index is 13.4. The topological polar surface area (TPSA) is 181 Å². The number of likely N-dealkylation sites (N-methyl/N-ethyl adjacent to an activating group) is 1. The summed E-state index contributed by atoms with van der Waals surface area (Å²) in [5, 5.41) is 45.4. The van der Waals surface area contributed by atoms with Crippen LogP contribution in [0, 0.1) is 13.8 Å². The number of benzene rings is 1. The highest BCUT2D eigenvalue weighted by Gasteiger charge is 2.27. The Kier molecular flexibility index (Phi) is 9.39. The fraction of sp³-hybridized carbons (Fsp3) is 0.565. The Balaban J connectivity index is 1.76. The van der Waals surface area contributed by atoms with Gasteiger partial charge < -0.3 is 34.8 Å². The highest BCUT2D eigenvalue weighted by molar-refractivity contribution is 5.79. The summed E-state index contributed by atoms with van der Waals surface area (Å²) in [4.78, 5) is 31.6. The Morgan fingerprint density at radius 1 is 1.16 bits per heavy atom. The number of amides is 1. The number of fused-ring (bicyclic) bond motifs is 1. The lowest BCUT2D eigenvalue weighted by Crippen LogP contribution is -2.44. The van der Waals surface area contributed by atoms with Crippen molar-refractivity contribution in [2.75, 3.05) is 40.4 Å². The molecule has 3 rings (SSSR count). The lowest BCUT2D eigenvalue weighted by atomic mass is 10.1. The van der Waals surface area contributed by atoms with Gasteiger partial charge >= 0.3 is 0 Å². The minimum atomic E-state index is -1.65. The van der Waals surface area contributed by atoms with Gasteiger partial charge in [-0.2, -0.15) is 0 Å². The van der Waals surface area contributed by atoms with Crippen LogP contribution in [0.15, 0.2) is 16.9 Å². The molecular weight excluding hydrogens is 484 g/mol. The number of nitrogens with one attached hydrogen (secondary N) is 1. The number of hydrogen-bond donors (Lipinski definition) is 4. The number of aliphatic hydroxyl groups excluding tert-OH is 3. The average molecular weight is 519 g/mol. The van der Waals surface area contributed by atoms with Crippen molar-refractivity contribution in [2.45, 2.75) is 38.7 Å². The number of aliphatic hydroxyl groups is 3. The number of aromatic nitrogens is 6. The summed E-state index contributed by atoms with van der Waals surface area (Å²) in [6.07, 6.45) is -4.69. The molecule has 0 radical (unpaired) electrons. The molecule has 14 nitrogen and oxygen atoms in total. The Hall–Kier alpha value is -3.30. The van der Waals surface area contributed by atoms with Crippen LogP contribution in [-0.4, -0.2) is 115 Å². The predicted octanol–water partition coefficient (Wildman–Crippen LogP) is -2.02. The van der Waals surface area contributed by atoms with E-state index in [-0.39, 0.29) is 37.2 Å². The Morgan fingerprint density at radius 2 is 1.86 bits per heavy atom. The SMILES string of the molecule is Cc1cc2nc(-c3nnnn3C)c(=O)n(C[C@H](O)[C@H](O)[C@H](O)COCC(=O)NCCN(C)C)c2cc1C. The summed E-state index contributed by atoms with van der Waals surface area (Å²) >= 11 is 0. The fourth-order valence-corrected chi connectivity index (χ4v) is 3.65. The average Bonchev–Trinajstić information content (AvgIpc) is 3.26. The first kappa shape index (κ1) is 28.3. The predicted molar refractivity (Wildman–Crippen MR) is 134 cm³/mol. The molecule has 3 aromatic rings. The molecule has 0 aliphatic carbocycles. The third kappa shape index (κ3) is 6.93. The van der Waals surface area contributed by atoms with Crippen molar-refractivity contribution in [1.82, 2.24) is 40.0 Å². The number of tetrazole rings is 1. The number of nitrogens with zero attached hydrogens (tertiary/aromatic N) is 7. The second kappa shape index (κ2) is 12.3. The molecule has 1 aromatic carbocycles. The van der Waals surface area contributed by atoms with Gasteiger partial charge in [-0.05, 0) is 61.6 Å². The summed E-state index contributed by atoms with van der Waals surface area (Å²) in [5.41, 5.74) is 2.19. The molecule has 0 aliphatic heterocycles. The minimum Gasteiger partial charge on any atom is -0.388 e. The molecule has 0 saturated heterocycles. The summed E-state index contributed by atoms with van der Waals surface area (Å²) in [7, 11) is 5.33. The van der Waals surface area contributed by atoms with Crippen LogP contribution in [0.5, 0.6) is 0 Å². The number of aryl methyl sites for hydroxylation is 3. The van der Waals surface area contributed by atoms with E-state index in [0.29, 0.717) is 24.1 Å². The van der Waals surface area contributed by atoms with E-state index in [9.17, 15) is 24.9 Å². The van der Waals surface area contributed by atoms with Crippen LogP contribution >= 0.6 is 0 Å². The first-order chi connectivity index (χ1) is 17.5. The zero-order valence-corrected chi connectivity index (χ0v) is 21.6. The Morgan fingerprint density at radius 3 is 2.51 bits per heavy atom. The van der Waals surface area contributed by atoms with Gasteiger partial charge in [-0.25, -0.2) is 9.67 Å². The van der Waals surface area contributed by atoms with Gasteiger partial charge in [0.1, 0.15) is 24.9 Å². The van der Waals surface area contributed by atoms with E-state index in [2.05, 4.69) is 25.8 Å². The van der Waals surface area contributed by atoms with Gasteiger partial charge in [-0.1, -0.05) is 0 Å². The zero-order valence-electron chi connectivity index (χ0n) is 21.6. The molecule has 2 aromatic heterocycles. The van der Waals surface area contributed by atoms with Crippen LogP contribution in [0.3, 0.4) is 0 Å². The minimum absolute atomic E-state index is 0.0193. The van der Waals surface area contributed by atoms with Crippen LogP contribution < -0.4 is 10.9 Å². The van der Waals surface area contributed by atoms with Crippen molar-refractivity contribution in [1.29, 1.82) is 0 Å². The number of ether oxygens (including phenoxy) is 1. The first-order valence-corrected chi connectivity index (χ1v) is 11.8. The number of hydrogen-bond acceptors (Lipinski definition) is 11. The summed E-state index contributed by atoms with van der Waals surface area (Å²) < 4.78 is 7.78. The molecule has 0 saturated carbocycles. The maximum Gasteiger partial charge on any atom is 0.281 e. The van der Waals surface area contributed by atoms with Crippen molar-refractivity contribution < 1.29 is 24.9 Å². The highest BCUT2D eigenvalue weighted by Crippen LogP contribution is 2.20. The van der Waals surface area contributed by atoms with E-state index in [4.69, 9.17) is 4.74 Å². The molecule has 0 aliphatic rings. The van der Waals surface area contributed by atoms with Crippen molar-refractivity contribution in [3.8, 4) is 11.5 Å². The van der Waals surface area contributed by atoms with Gasteiger partial charge in [0.05, 0.1) is 24.2 Å². The molecule has 202 valence electrons. The molecule has 0 spiro atoms. The van der Waals surface area contributed by atoms with Gasteiger partial charge in [0.2, 0.25) is 11.7 Å². The van der Waals surface area contributed by atoms with Gasteiger partial charge in [0.25, 0.3) is 5.56 Å². The van der Waals surface area contributed by atoms with Crippen molar-refractivity contribution in [3.63, 3.8) is 0 Å². The number of rotatable bonds is 12. The third-order valence-corrected chi connectivity index (χ3v) is 5.95. The number of carbonyl (C=O) groups is 1. The summed E-state index contributed by atoms with van der Waals surface area (Å²) in [6, 6.07) is 3.58. The standard InChI is InChI=1S/C23H34N8O6/c1-13-8-15-16(9-14(13)2)31(23(36)20(25-15)22-26-27-28-30(22)5)10-17(32)21(35)18(33)11-37-12-19(34)24-6-7-29(3)4/h8-9,17-18,21,32-33,35H,6-7,10-12H2,1-5H3,(H,24,34)/t17-,18+,21-/m0/s1. The Bertz CT molecular complexity index is 1290. The molecule has 0 fully saturated rings. The third-order valence-electron chi connectivity index (χ3n) is 5.95. The molecule has 4 N–H and O–H groups in total. The number of carbonyl (C=O) groups excluding carboxylic acids is 1. The first-order valence-electron chi connectivity index (χ1n) is 11.8. The molecule has 0 bridgehead atoms. The second-order valence-corrected chi connectivity index (χ2v) is 9.22. The molecule has 3 atom stereocenters. The normalized spacial score (nSPS) is 14.2. The van der Waals surface area contributed by atoms with Crippen molar-refractivity contribution in [3.05, 3.63) is 33.6 Å². The van der Waals surface area contributed by atoms with Crippen LogP contribution in [0.1, 0.15) is 11.1 Å². The molecule has 14 heteroatoms. The van der Waals surface area contributed by atoms with E-state index in [1.165, 1.54) is 9.25 Å². The van der Waals surface area contributed by atoms with Crippen LogP contribution in [0.4, 0.5) is 0 Å². The van der Waals surface area contributed by atoms with Crippen LogP contribution in [0.2, 0.25) is 0 Å². The summed E-state index contributed by atoms with van der Waals surface area (Å²) in [5.74, 6) is -0.221. The van der Waals surface area contributed by atoms with E-state index in [1.54, 1.807) is 13.1 Å². The van der Waals surface area contributed by atoms with E-state index >= 15 is 0 Å². The van der Waals surface area contributed by atoms with Crippen LogP contribution in [-0.2, 0) is 23.1 Å². The van der Waals surface area contributed by atoms with Gasteiger partial charge in [0, 0.05) is 20.1 Å². The lowest BCUT2D eigenvalue weighted by molar-refractivity contribution is -0.130. The highest BCUT2D eigenvalue weighted by atomic mass is 16.5. The molecule has 1 amide bonds. The van der Waals surface area contributed by atoms with E-state index in [1.807, 2.05) is 38.9 Å². The molecule has 0 unspecified atom stereocenters. The monoisotopic (exact) mass is 518 g/mol. The molecular formula is C23H34N8O6. The van der Waals surface area contributed by atoms with E-state index in [0.717, 1.165) is 11.1 Å². The Labute approximate surface area is 213 Å². The molecule has 2 heterocycles. The largest absolute Gasteiger partial charge is 0.388 e. The second-order valence-electron chi connectivity index (χ2n) is 9.22. The fourth-order valence-electron chi connectivity index (χ4n) is 3.65. The molecule has 37 heavy (non-hydrogen) atoms. The van der Waals surface area contributed by atoms with Crippen LogP contribution in [0.25, 0.3) is 22.6 Å². The van der Waals surface area contributed by atoms with Gasteiger partial charge in [-0.3, -0.25) is 9.59 Å². The van der Waals surface area contributed by atoms with Crippen molar-refractivity contribution in [2.24, 2.45) is 7.05 Å². The zero-order chi connectivity index (χ0) is 27.3. The van der Waals surface area contributed by atoms with E-state index < -0.39 is 23.9 Å².